The van der Waals surface area contributed by atoms with Crippen LogP contribution in [0.15, 0.2) is 28.7 Å². The summed E-state index contributed by atoms with van der Waals surface area (Å²) in [6.07, 6.45) is 1.23. The summed E-state index contributed by atoms with van der Waals surface area (Å²) in [4.78, 5) is 11.3. The maximum atomic E-state index is 11.3. The van der Waals surface area contributed by atoms with Crippen LogP contribution in [0.5, 0.6) is 5.75 Å². The zero-order valence-corrected chi connectivity index (χ0v) is 11.8. The molecule has 0 spiro atoms. The van der Waals surface area contributed by atoms with Gasteiger partial charge in [0.1, 0.15) is 5.75 Å². The molecule has 0 bridgehead atoms. The molecule has 1 rings (SSSR count). The number of halogens is 1. The van der Waals surface area contributed by atoms with Gasteiger partial charge in [-0.1, -0.05) is 22.0 Å². The van der Waals surface area contributed by atoms with Crippen LogP contribution in [0.1, 0.15) is 26.7 Å². The first-order valence-corrected chi connectivity index (χ1v) is 6.55. The highest BCUT2D eigenvalue weighted by molar-refractivity contribution is 9.10. The Hall–Kier alpha value is -1.03. The van der Waals surface area contributed by atoms with Gasteiger partial charge in [0.2, 0.25) is 5.91 Å². The molecule has 1 N–H and O–H groups in total. The minimum Gasteiger partial charge on any atom is -0.494 e. The molecule has 0 aromatic heterocycles. The fourth-order valence-electron chi connectivity index (χ4n) is 1.37. The van der Waals surface area contributed by atoms with Gasteiger partial charge in [0.05, 0.1) is 6.61 Å². The Morgan fingerprint density at radius 2 is 2.24 bits per heavy atom. The normalized spacial score (nSPS) is 10.4. The number of benzene rings is 1. The van der Waals surface area contributed by atoms with Gasteiger partial charge in [-0.2, -0.15) is 0 Å². The predicted octanol–water partition coefficient (Wildman–Crippen LogP) is 3.13. The Balaban J connectivity index is 2.18. The highest BCUT2D eigenvalue weighted by atomic mass is 79.9. The van der Waals surface area contributed by atoms with E-state index in [1.54, 1.807) is 0 Å². The topological polar surface area (TPSA) is 38.3 Å². The second-order valence-electron chi connectivity index (χ2n) is 4.13. The van der Waals surface area contributed by atoms with Gasteiger partial charge in [-0.15, -0.1) is 0 Å². The lowest BCUT2D eigenvalue weighted by atomic mass is 10.3. The molecule has 1 aromatic rings. The smallest absolute Gasteiger partial charge is 0.220 e. The zero-order chi connectivity index (χ0) is 12.7. The van der Waals surface area contributed by atoms with Crippen molar-refractivity contribution >= 4 is 21.8 Å². The van der Waals surface area contributed by atoms with Crippen LogP contribution in [0.25, 0.3) is 0 Å². The minimum absolute atomic E-state index is 0.0813. The molecule has 4 heteroatoms. The molecule has 0 aliphatic rings. The van der Waals surface area contributed by atoms with Crippen molar-refractivity contribution in [3.05, 3.63) is 28.7 Å². The molecule has 0 saturated carbocycles. The lowest BCUT2D eigenvalue weighted by Gasteiger charge is -2.09. The van der Waals surface area contributed by atoms with Gasteiger partial charge >= 0.3 is 0 Å². The average Bonchev–Trinajstić information content (AvgIpc) is 2.23. The molecular formula is C13H18BrNO2. The number of nitrogens with one attached hydrogen (secondary N) is 1. The van der Waals surface area contributed by atoms with E-state index in [1.807, 2.05) is 38.1 Å². The van der Waals surface area contributed by atoms with Crippen LogP contribution in [-0.2, 0) is 4.79 Å². The first-order valence-electron chi connectivity index (χ1n) is 5.75. The summed E-state index contributed by atoms with van der Waals surface area (Å²) in [6, 6.07) is 7.88. The monoisotopic (exact) mass is 299 g/mol. The van der Waals surface area contributed by atoms with Crippen molar-refractivity contribution in [2.75, 3.05) is 6.61 Å². The second-order valence-corrected chi connectivity index (χ2v) is 5.05. The van der Waals surface area contributed by atoms with E-state index < -0.39 is 0 Å². The van der Waals surface area contributed by atoms with Crippen LogP contribution >= 0.6 is 15.9 Å². The molecule has 0 aliphatic heterocycles. The van der Waals surface area contributed by atoms with Crippen molar-refractivity contribution in [3.8, 4) is 5.75 Å². The maximum absolute atomic E-state index is 11.3. The second kappa shape index (κ2) is 7.33. The Morgan fingerprint density at radius 1 is 1.47 bits per heavy atom. The fraction of sp³-hybridized carbons (Fsp3) is 0.462. The average molecular weight is 300 g/mol. The van der Waals surface area contributed by atoms with Gasteiger partial charge in [-0.25, -0.2) is 0 Å². The number of hydrogen-bond donors (Lipinski definition) is 1. The summed E-state index contributed by atoms with van der Waals surface area (Å²) in [7, 11) is 0. The van der Waals surface area contributed by atoms with Gasteiger partial charge < -0.3 is 10.1 Å². The summed E-state index contributed by atoms with van der Waals surface area (Å²) in [5.74, 6) is 0.904. The molecule has 1 amide bonds. The first-order chi connectivity index (χ1) is 8.08. The Labute approximate surface area is 111 Å². The van der Waals surface area contributed by atoms with Crippen LogP contribution < -0.4 is 10.1 Å². The van der Waals surface area contributed by atoms with Crippen LogP contribution in [0, 0.1) is 0 Å². The Kier molecular flexibility index (Phi) is 6.05. The summed E-state index contributed by atoms with van der Waals surface area (Å²) >= 11 is 3.38. The van der Waals surface area contributed by atoms with E-state index >= 15 is 0 Å². The summed E-state index contributed by atoms with van der Waals surface area (Å²) < 4.78 is 6.53. The van der Waals surface area contributed by atoms with Gasteiger partial charge in [0.25, 0.3) is 0 Å². The van der Waals surface area contributed by atoms with E-state index in [9.17, 15) is 4.79 Å². The molecule has 0 atom stereocenters. The largest absolute Gasteiger partial charge is 0.494 e. The zero-order valence-electron chi connectivity index (χ0n) is 10.2. The van der Waals surface area contributed by atoms with Crippen molar-refractivity contribution in [1.82, 2.24) is 5.32 Å². The third-order valence-corrected chi connectivity index (χ3v) is 2.56. The molecule has 3 nitrogen and oxygen atoms in total. The van der Waals surface area contributed by atoms with Crippen LogP contribution in [0.3, 0.4) is 0 Å². The van der Waals surface area contributed by atoms with Crippen molar-refractivity contribution in [2.24, 2.45) is 0 Å². The molecule has 0 radical (unpaired) electrons. The van der Waals surface area contributed by atoms with Crippen molar-refractivity contribution in [3.63, 3.8) is 0 Å². The Morgan fingerprint density at radius 3 is 2.88 bits per heavy atom. The van der Waals surface area contributed by atoms with Crippen LogP contribution in [-0.4, -0.2) is 18.6 Å². The number of rotatable bonds is 6. The molecule has 17 heavy (non-hydrogen) atoms. The van der Waals surface area contributed by atoms with Gasteiger partial charge in [-0.05, 0) is 38.5 Å². The lowest BCUT2D eigenvalue weighted by molar-refractivity contribution is -0.121. The summed E-state index contributed by atoms with van der Waals surface area (Å²) in [5, 5.41) is 2.85. The predicted molar refractivity (Wildman–Crippen MR) is 72.1 cm³/mol. The van der Waals surface area contributed by atoms with Gasteiger partial charge in [-0.3, -0.25) is 4.79 Å². The molecule has 1 aromatic carbocycles. The summed E-state index contributed by atoms with van der Waals surface area (Å²) in [6.45, 7) is 4.47. The van der Waals surface area contributed by atoms with E-state index in [1.165, 1.54) is 0 Å². The van der Waals surface area contributed by atoms with Crippen molar-refractivity contribution in [2.45, 2.75) is 32.7 Å². The van der Waals surface area contributed by atoms with Crippen LogP contribution in [0.2, 0.25) is 0 Å². The number of carbonyl (C=O) groups is 1. The van der Waals surface area contributed by atoms with Crippen molar-refractivity contribution in [1.29, 1.82) is 0 Å². The molecule has 0 heterocycles. The van der Waals surface area contributed by atoms with E-state index in [0.717, 1.165) is 16.6 Å². The highest BCUT2D eigenvalue weighted by Gasteiger charge is 2.02. The SMILES string of the molecule is CC(C)NC(=O)CCCOc1cccc(Br)c1. The van der Waals surface area contributed by atoms with Crippen LogP contribution in [0.4, 0.5) is 0 Å². The maximum Gasteiger partial charge on any atom is 0.220 e. The molecule has 0 aliphatic carbocycles. The lowest BCUT2D eigenvalue weighted by Crippen LogP contribution is -2.30. The standard InChI is InChI=1S/C13H18BrNO2/c1-10(2)15-13(16)7-4-8-17-12-6-3-5-11(14)9-12/h3,5-6,9-10H,4,7-8H2,1-2H3,(H,15,16). The van der Waals surface area contributed by atoms with E-state index in [4.69, 9.17) is 4.74 Å². The molecule has 0 saturated heterocycles. The molecule has 0 fully saturated rings. The number of carbonyl (C=O) groups excluding carboxylic acids is 1. The molecule has 0 unspecified atom stereocenters. The number of ether oxygens (including phenoxy) is 1. The quantitative estimate of drug-likeness (QED) is 0.820. The molecular weight excluding hydrogens is 282 g/mol. The third kappa shape index (κ3) is 6.31. The first kappa shape index (κ1) is 14.0. The third-order valence-electron chi connectivity index (χ3n) is 2.06. The van der Waals surface area contributed by atoms with Crippen molar-refractivity contribution < 1.29 is 9.53 Å². The fourth-order valence-corrected chi connectivity index (χ4v) is 1.75. The van der Waals surface area contributed by atoms with E-state index in [-0.39, 0.29) is 11.9 Å². The minimum atomic E-state index is 0.0813. The van der Waals surface area contributed by atoms with E-state index in [0.29, 0.717) is 13.0 Å². The highest BCUT2D eigenvalue weighted by Crippen LogP contribution is 2.17. The summed E-state index contributed by atoms with van der Waals surface area (Å²) in [5.41, 5.74) is 0. The van der Waals surface area contributed by atoms with Gasteiger partial charge in [0, 0.05) is 16.9 Å². The molecule has 94 valence electrons. The Bertz CT molecular complexity index is 366. The van der Waals surface area contributed by atoms with Gasteiger partial charge in [0.15, 0.2) is 0 Å². The number of amides is 1. The van der Waals surface area contributed by atoms with E-state index in [2.05, 4.69) is 21.2 Å². The number of hydrogen-bond acceptors (Lipinski definition) is 2.